The normalized spacial score (nSPS) is 11.3. The summed E-state index contributed by atoms with van der Waals surface area (Å²) in [7, 11) is 2.20. The second kappa shape index (κ2) is 6.21. The highest BCUT2D eigenvalue weighted by Crippen LogP contribution is 2.20. The van der Waals surface area contributed by atoms with E-state index in [1.807, 2.05) is 11.3 Å². The second-order valence-corrected chi connectivity index (χ2v) is 6.24. The Hall–Kier alpha value is -1.64. The van der Waals surface area contributed by atoms with Gasteiger partial charge in [0.1, 0.15) is 0 Å². The summed E-state index contributed by atoms with van der Waals surface area (Å²) in [5.41, 5.74) is 1.41. The average Bonchev–Trinajstić information content (AvgIpc) is 2.99. The lowest BCUT2D eigenvalue weighted by atomic mass is 10.0. The fourth-order valence-electron chi connectivity index (χ4n) is 2.56. The number of likely N-dealkylation sites (N-methyl/N-ethyl adjacent to an activating group) is 1. The van der Waals surface area contributed by atoms with E-state index in [4.69, 9.17) is 0 Å². The van der Waals surface area contributed by atoms with Crippen molar-refractivity contribution in [2.24, 2.45) is 0 Å². The quantitative estimate of drug-likeness (QED) is 0.662. The summed E-state index contributed by atoms with van der Waals surface area (Å²) in [5, 5.41) is 4.86. The van der Waals surface area contributed by atoms with E-state index in [9.17, 15) is 0 Å². The molecule has 102 valence electrons. The van der Waals surface area contributed by atoms with E-state index in [2.05, 4.69) is 71.9 Å². The highest BCUT2D eigenvalue weighted by Gasteiger charge is 2.05. The zero-order chi connectivity index (χ0) is 13.8. The fraction of sp³-hybridized carbons (Fsp3) is 0.222. The van der Waals surface area contributed by atoms with Gasteiger partial charge in [-0.15, -0.1) is 11.3 Å². The molecular formula is C18H19NS. The Bertz CT molecular complexity index is 667. The van der Waals surface area contributed by atoms with Crippen molar-refractivity contribution in [3.63, 3.8) is 0 Å². The van der Waals surface area contributed by atoms with Crippen LogP contribution in [-0.4, -0.2) is 18.5 Å². The SMILES string of the molecule is CN(CCc1cccs1)Cc1cccc2ccccc12. The van der Waals surface area contributed by atoms with Crippen molar-refractivity contribution in [1.82, 2.24) is 4.90 Å². The molecule has 1 nitrogen and oxygen atoms in total. The van der Waals surface area contributed by atoms with Gasteiger partial charge < -0.3 is 4.90 Å². The minimum atomic E-state index is 1.01. The van der Waals surface area contributed by atoms with Crippen LogP contribution in [0.25, 0.3) is 10.8 Å². The molecule has 0 aliphatic rings. The molecule has 2 aromatic carbocycles. The van der Waals surface area contributed by atoms with E-state index in [0.29, 0.717) is 0 Å². The molecule has 0 amide bonds. The maximum atomic E-state index is 2.40. The monoisotopic (exact) mass is 281 g/mol. The molecule has 0 saturated heterocycles. The smallest absolute Gasteiger partial charge is 0.0236 e. The van der Waals surface area contributed by atoms with Gasteiger partial charge in [0.15, 0.2) is 0 Å². The van der Waals surface area contributed by atoms with Crippen LogP contribution in [0, 0.1) is 0 Å². The number of fused-ring (bicyclic) bond motifs is 1. The summed E-state index contributed by atoms with van der Waals surface area (Å²) in [6, 6.07) is 19.6. The third-order valence-electron chi connectivity index (χ3n) is 3.64. The van der Waals surface area contributed by atoms with Crippen LogP contribution < -0.4 is 0 Å². The van der Waals surface area contributed by atoms with Crippen LogP contribution in [0.2, 0.25) is 0 Å². The van der Waals surface area contributed by atoms with Gasteiger partial charge >= 0.3 is 0 Å². The number of hydrogen-bond donors (Lipinski definition) is 0. The summed E-state index contributed by atoms with van der Waals surface area (Å²) in [5.74, 6) is 0. The molecule has 0 saturated carbocycles. The highest BCUT2D eigenvalue weighted by atomic mass is 32.1. The largest absolute Gasteiger partial charge is 0.302 e. The van der Waals surface area contributed by atoms with Crippen LogP contribution >= 0.6 is 11.3 Å². The summed E-state index contributed by atoms with van der Waals surface area (Å²) < 4.78 is 0. The Morgan fingerprint density at radius 3 is 2.65 bits per heavy atom. The van der Waals surface area contributed by atoms with Gasteiger partial charge in [-0.25, -0.2) is 0 Å². The average molecular weight is 281 g/mol. The third-order valence-corrected chi connectivity index (χ3v) is 4.58. The van der Waals surface area contributed by atoms with Gasteiger partial charge in [-0.05, 0) is 41.3 Å². The molecule has 0 spiro atoms. The Balaban J connectivity index is 1.69. The van der Waals surface area contributed by atoms with Crippen molar-refractivity contribution in [2.75, 3.05) is 13.6 Å². The Morgan fingerprint density at radius 1 is 0.950 bits per heavy atom. The first-order valence-electron chi connectivity index (χ1n) is 7.00. The van der Waals surface area contributed by atoms with Gasteiger partial charge in [0.25, 0.3) is 0 Å². The summed E-state index contributed by atoms with van der Waals surface area (Å²) in [6.45, 7) is 2.11. The predicted octanol–water partition coefficient (Wildman–Crippen LogP) is 4.58. The van der Waals surface area contributed by atoms with Crippen molar-refractivity contribution in [3.8, 4) is 0 Å². The summed E-state index contributed by atoms with van der Waals surface area (Å²) in [4.78, 5) is 3.87. The molecule has 1 heterocycles. The van der Waals surface area contributed by atoms with Crippen molar-refractivity contribution in [2.45, 2.75) is 13.0 Å². The van der Waals surface area contributed by atoms with Crippen molar-refractivity contribution in [1.29, 1.82) is 0 Å². The number of benzene rings is 2. The van der Waals surface area contributed by atoms with Gasteiger partial charge in [0, 0.05) is 18.0 Å². The molecule has 1 aromatic heterocycles. The Kier molecular flexibility index (Phi) is 4.14. The molecule has 3 rings (SSSR count). The van der Waals surface area contributed by atoms with Crippen molar-refractivity contribution >= 4 is 22.1 Å². The van der Waals surface area contributed by atoms with Crippen LogP contribution in [-0.2, 0) is 13.0 Å². The van der Waals surface area contributed by atoms with Gasteiger partial charge in [-0.1, -0.05) is 48.5 Å². The minimum absolute atomic E-state index is 1.01. The molecule has 0 atom stereocenters. The molecule has 0 N–H and O–H groups in total. The fourth-order valence-corrected chi connectivity index (χ4v) is 3.25. The molecule has 3 aromatic rings. The molecule has 0 aliphatic carbocycles. The molecule has 0 unspecified atom stereocenters. The topological polar surface area (TPSA) is 3.24 Å². The lowest BCUT2D eigenvalue weighted by Crippen LogP contribution is -2.20. The summed E-state index contributed by atoms with van der Waals surface area (Å²) >= 11 is 1.85. The van der Waals surface area contributed by atoms with Crippen LogP contribution in [0.1, 0.15) is 10.4 Å². The molecule has 20 heavy (non-hydrogen) atoms. The van der Waals surface area contributed by atoms with Crippen LogP contribution in [0.4, 0.5) is 0 Å². The lowest BCUT2D eigenvalue weighted by Gasteiger charge is -2.17. The standard InChI is InChI=1S/C18H19NS/c1-19(12-11-17-9-5-13-20-17)14-16-8-4-7-15-6-2-3-10-18(15)16/h2-10,13H,11-12,14H2,1H3. The first kappa shape index (κ1) is 13.3. The molecule has 0 bridgehead atoms. The molecule has 0 fully saturated rings. The Morgan fingerprint density at radius 2 is 1.80 bits per heavy atom. The number of thiophene rings is 1. The van der Waals surface area contributed by atoms with Crippen molar-refractivity contribution < 1.29 is 0 Å². The zero-order valence-corrected chi connectivity index (χ0v) is 12.6. The van der Waals surface area contributed by atoms with Crippen molar-refractivity contribution in [3.05, 3.63) is 70.4 Å². The lowest BCUT2D eigenvalue weighted by molar-refractivity contribution is 0.333. The number of rotatable bonds is 5. The maximum absolute atomic E-state index is 2.40. The van der Waals surface area contributed by atoms with E-state index in [1.165, 1.54) is 21.2 Å². The van der Waals surface area contributed by atoms with Crippen LogP contribution in [0.5, 0.6) is 0 Å². The molecular weight excluding hydrogens is 262 g/mol. The zero-order valence-electron chi connectivity index (χ0n) is 11.8. The minimum Gasteiger partial charge on any atom is -0.302 e. The predicted molar refractivity (Wildman–Crippen MR) is 88.3 cm³/mol. The highest BCUT2D eigenvalue weighted by molar-refractivity contribution is 7.09. The number of hydrogen-bond acceptors (Lipinski definition) is 2. The first-order chi connectivity index (χ1) is 9.83. The van der Waals surface area contributed by atoms with E-state index >= 15 is 0 Å². The summed E-state index contributed by atoms with van der Waals surface area (Å²) in [6.07, 6.45) is 1.14. The van der Waals surface area contributed by atoms with Gasteiger partial charge in [-0.3, -0.25) is 0 Å². The first-order valence-corrected chi connectivity index (χ1v) is 7.88. The van der Waals surface area contributed by atoms with Crippen LogP contribution in [0.3, 0.4) is 0 Å². The van der Waals surface area contributed by atoms with E-state index in [1.54, 1.807) is 0 Å². The van der Waals surface area contributed by atoms with E-state index in [-0.39, 0.29) is 0 Å². The molecule has 0 radical (unpaired) electrons. The van der Waals surface area contributed by atoms with Gasteiger partial charge in [0.05, 0.1) is 0 Å². The van der Waals surface area contributed by atoms with Gasteiger partial charge in [-0.2, -0.15) is 0 Å². The Labute approximate surface area is 124 Å². The number of nitrogens with zero attached hydrogens (tertiary/aromatic N) is 1. The maximum Gasteiger partial charge on any atom is 0.0236 e. The van der Waals surface area contributed by atoms with E-state index in [0.717, 1.165) is 19.5 Å². The third kappa shape index (κ3) is 3.09. The molecule has 0 aliphatic heterocycles. The van der Waals surface area contributed by atoms with Gasteiger partial charge in [0.2, 0.25) is 0 Å². The van der Waals surface area contributed by atoms with Crippen LogP contribution in [0.15, 0.2) is 60.0 Å². The molecule has 2 heteroatoms. The second-order valence-electron chi connectivity index (χ2n) is 5.21. The van der Waals surface area contributed by atoms with E-state index < -0.39 is 0 Å².